The number of carbonyl (C=O) groups is 2. The topological polar surface area (TPSA) is 34.1 Å². The van der Waals surface area contributed by atoms with Gasteiger partial charge in [0.05, 0.1) is 0 Å². The van der Waals surface area contributed by atoms with E-state index in [9.17, 15) is 9.59 Å². The van der Waals surface area contributed by atoms with E-state index in [1.54, 1.807) is 13.0 Å². The third-order valence-corrected chi connectivity index (χ3v) is 5.99. The van der Waals surface area contributed by atoms with Gasteiger partial charge in [-0.15, -0.1) is 6.58 Å². The number of Topliss-reactive ketones (excluding diaryl/α,β-unsaturated/α-hetero) is 2. The van der Waals surface area contributed by atoms with Crippen LogP contribution in [-0.4, -0.2) is 11.6 Å². The van der Waals surface area contributed by atoms with Crippen molar-refractivity contribution in [2.75, 3.05) is 0 Å². The molecular formula is C29H42O2. The molecule has 170 valence electrons. The highest BCUT2D eigenvalue weighted by atomic mass is 16.1. The van der Waals surface area contributed by atoms with Crippen LogP contribution in [-0.2, 0) is 9.59 Å². The SMILES string of the molecule is C=CC1CC(=O)C(C/C=C(\C)CC/C=C(\C)CC/C=C(\C)CCC=C(C)C)=C(C)C1=O. The van der Waals surface area contributed by atoms with Gasteiger partial charge in [-0.2, -0.15) is 0 Å². The van der Waals surface area contributed by atoms with E-state index in [4.69, 9.17) is 0 Å². The lowest BCUT2D eigenvalue weighted by Gasteiger charge is -2.20. The predicted octanol–water partition coefficient (Wildman–Crippen LogP) is 8.18. The quantitative estimate of drug-likeness (QED) is 0.297. The number of rotatable bonds is 12. The fraction of sp³-hybridized carbons (Fsp3) is 0.517. The molecule has 0 heterocycles. The molecule has 0 aromatic carbocycles. The lowest BCUT2D eigenvalue weighted by Crippen LogP contribution is -2.26. The molecule has 0 radical (unpaired) electrons. The number of allylic oxidation sites excluding steroid dienone is 11. The van der Waals surface area contributed by atoms with E-state index in [1.807, 2.05) is 0 Å². The fourth-order valence-electron chi connectivity index (χ4n) is 3.77. The number of carbonyl (C=O) groups excluding carboxylic acids is 2. The maximum absolute atomic E-state index is 12.4. The van der Waals surface area contributed by atoms with Crippen LogP contribution in [0.2, 0.25) is 0 Å². The molecule has 0 amide bonds. The van der Waals surface area contributed by atoms with E-state index in [-0.39, 0.29) is 23.9 Å². The summed E-state index contributed by atoms with van der Waals surface area (Å²) >= 11 is 0. The van der Waals surface area contributed by atoms with Gasteiger partial charge in [0, 0.05) is 17.9 Å². The van der Waals surface area contributed by atoms with Crippen molar-refractivity contribution in [2.45, 2.75) is 92.9 Å². The van der Waals surface area contributed by atoms with Gasteiger partial charge in [0.1, 0.15) is 0 Å². The average molecular weight is 423 g/mol. The first-order chi connectivity index (χ1) is 14.6. The Labute approximate surface area is 190 Å². The van der Waals surface area contributed by atoms with Gasteiger partial charge in [-0.05, 0) is 92.1 Å². The van der Waals surface area contributed by atoms with Crippen LogP contribution in [0.1, 0.15) is 92.9 Å². The molecule has 2 heteroatoms. The highest BCUT2D eigenvalue weighted by Gasteiger charge is 2.29. The number of ketones is 2. The first-order valence-corrected chi connectivity index (χ1v) is 11.7. The molecule has 0 saturated heterocycles. The zero-order chi connectivity index (χ0) is 23.4. The third kappa shape index (κ3) is 10.1. The summed E-state index contributed by atoms with van der Waals surface area (Å²) in [5.41, 5.74) is 6.87. The minimum absolute atomic E-state index is 0.0513. The Morgan fingerprint density at radius 2 is 1.32 bits per heavy atom. The van der Waals surface area contributed by atoms with Crippen molar-refractivity contribution in [3.63, 3.8) is 0 Å². The smallest absolute Gasteiger partial charge is 0.166 e. The van der Waals surface area contributed by atoms with E-state index in [0.717, 1.165) is 38.5 Å². The Kier molecular flexibility index (Phi) is 12.1. The Morgan fingerprint density at radius 3 is 1.81 bits per heavy atom. The molecule has 1 rings (SSSR count). The highest BCUT2D eigenvalue weighted by Crippen LogP contribution is 2.27. The Bertz CT molecular complexity index is 808. The summed E-state index contributed by atoms with van der Waals surface area (Å²) in [4.78, 5) is 24.7. The molecule has 0 fully saturated rings. The average Bonchev–Trinajstić information content (AvgIpc) is 2.70. The van der Waals surface area contributed by atoms with Crippen LogP contribution in [0.25, 0.3) is 0 Å². The summed E-state index contributed by atoms with van der Waals surface area (Å²) < 4.78 is 0. The zero-order valence-electron chi connectivity index (χ0n) is 20.6. The van der Waals surface area contributed by atoms with Crippen molar-refractivity contribution in [1.29, 1.82) is 0 Å². The summed E-state index contributed by atoms with van der Waals surface area (Å²) in [6.07, 6.45) is 18.0. The second kappa shape index (κ2) is 14.0. The maximum atomic E-state index is 12.4. The fourth-order valence-corrected chi connectivity index (χ4v) is 3.77. The van der Waals surface area contributed by atoms with E-state index in [2.05, 4.69) is 65.5 Å². The molecule has 1 unspecified atom stereocenters. The molecule has 1 aliphatic carbocycles. The van der Waals surface area contributed by atoms with Crippen LogP contribution in [0.4, 0.5) is 0 Å². The van der Waals surface area contributed by atoms with Crippen molar-refractivity contribution in [1.82, 2.24) is 0 Å². The van der Waals surface area contributed by atoms with Gasteiger partial charge in [0.2, 0.25) is 0 Å². The molecule has 0 aromatic rings. The number of hydrogen-bond acceptors (Lipinski definition) is 2. The summed E-state index contributed by atoms with van der Waals surface area (Å²) in [5, 5.41) is 0. The van der Waals surface area contributed by atoms with Crippen LogP contribution in [0.5, 0.6) is 0 Å². The summed E-state index contributed by atoms with van der Waals surface area (Å²) in [6.45, 7) is 16.3. The molecule has 0 aromatic heterocycles. The summed E-state index contributed by atoms with van der Waals surface area (Å²) in [6, 6.07) is 0. The predicted molar refractivity (Wildman–Crippen MR) is 134 cm³/mol. The normalized spacial score (nSPS) is 18.5. The largest absolute Gasteiger partial charge is 0.294 e. The van der Waals surface area contributed by atoms with Crippen LogP contribution in [0.3, 0.4) is 0 Å². The van der Waals surface area contributed by atoms with Crippen LogP contribution >= 0.6 is 0 Å². The third-order valence-electron chi connectivity index (χ3n) is 5.99. The van der Waals surface area contributed by atoms with Crippen molar-refractivity contribution >= 4 is 11.6 Å². The molecule has 1 aliphatic rings. The van der Waals surface area contributed by atoms with E-state index >= 15 is 0 Å². The molecule has 0 saturated carbocycles. The van der Waals surface area contributed by atoms with Crippen molar-refractivity contribution in [2.24, 2.45) is 5.92 Å². The Hall–Kier alpha value is -2.22. The highest BCUT2D eigenvalue weighted by molar-refractivity contribution is 6.13. The van der Waals surface area contributed by atoms with Crippen molar-refractivity contribution < 1.29 is 9.59 Å². The van der Waals surface area contributed by atoms with Crippen LogP contribution in [0.15, 0.2) is 70.4 Å². The van der Waals surface area contributed by atoms with Gasteiger partial charge in [-0.3, -0.25) is 9.59 Å². The molecule has 0 bridgehead atoms. The zero-order valence-corrected chi connectivity index (χ0v) is 20.6. The van der Waals surface area contributed by atoms with Crippen molar-refractivity contribution in [3.05, 3.63) is 70.4 Å². The van der Waals surface area contributed by atoms with Crippen LogP contribution in [0, 0.1) is 5.92 Å². The minimum atomic E-state index is -0.342. The molecule has 2 nitrogen and oxygen atoms in total. The monoisotopic (exact) mass is 422 g/mol. The first kappa shape index (κ1) is 26.8. The summed E-state index contributed by atoms with van der Waals surface area (Å²) in [5.74, 6) is -0.202. The molecule has 1 atom stereocenters. The van der Waals surface area contributed by atoms with Gasteiger partial charge in [0.25, 0.3) is 0 Å². The Morgan fingerprint density at radius 1 is 0.839 bits per heavy atom. The molecule has 0 N–H and O–H groups in total. The second-order valence-corrected chi connectivity index (χ2v) is 9.19. The number of hydrogen-bond donors (Lipinski definition) is 0. The van der Waals surface area contributed by atoms with Gasteiger partial charge < -0.3 is 0 Å². The molecular weight excluding hydrogens is 380 g/mol. The molecule has 0 spiro atoms. The maximum Gasteiger partial charge on any atom is 0.166 e. The summed E-state index contributed by atoms with van der Waals surface area (Å²) in [7, 11) is 0. The van der Waals surface area contributed by atoms with E-state index < -0.39 is 0 Å². The lowest BCUT2D eigenvalue weighted by molar-refractivity contribution is -0.124. The van der Waals surface area contributed by atoms with Gasteiger partial charge >= 0.3 is 0 Å². The first-order valence-electron chi connectivity index (χ1n) is 11.7. The molecule has 0 aliphatic heterocycles. The lowest BCUT2D eigenvalue weighted by atomic mass is 9.81. The van der Waals surface area contributed by atoms with E-state index in [0.29, 0.717) is 17.6 Å². The Balaban J connectivity index is 2.46. The van der Waals surface area contributed by atoms with Crippen LogP contribution < -0.4 is 0 Å². The van der Waals surface area contributed by atoms with E-state index in [1.165, 1.54) is 22.3 Å². The van der Waals surface area contributed by atoms with Crippen molar-refractivity contribution in [3.8, 4) is 0 Å². The van der Waals surface area contributed by atoms with Gasteiger partial charge in [-0.1, -0.05) is 52.7 Å². The van der Waals surface area contributed by atoms with Gasteiger partial charge in [0.15, 0.2) is 11.6 Å². The van der Waals surface area contributed by atoms with Gasteiger partial charge in [-0.25, -0.2) is 0 Å². The minimum Gasteiger partial charge on any atom is -0.294 e. The molecule has 31 heavy (non-hydrogen) atoms. The standard InChI is InChI=1S/C29H42O2/c1-8-26-20-28(30)27(25(7)29(26)31)19-18-24(6)17-11-16-23(5)15-10-14-22(4)13-9-12-21(2)3/h8,12,14,16,18,26H,1,9-11,13,15,17,19-20H2,2-7H3/b22-14+,23-16+,24-18+. The second-order valence-electron chi connectivity index (χ2n) is 9.19.